The predicted octanol–water partition coefficient (Wildman–Crippen LogP) is 8.84. The molecular weight excluding hydrogens is 542 g/mol. The molecule has 0 saturated heterocycles. The molecule has 0 spiro atoms. The van der Waals surface area contributed by atoms with Gasteiger partial charge >= 0.3 is 26.2 Å². The molecule has 1 unspecified atom stereocenters. The van der Waals surface area contributed by atoms with Gasteiger partial charge in [-0.1, -0.05) is 155 Å². The maximum absolute atomic E-state index is 7.27. The minimum absolute atomic E-state index is 0. The summed E-state index contributed by atoms with van der Waals surface area (Å²) in [5, 5.41) is 1.35. The molecule has 1 atom stereocenters. The molecular formula is C34H45NSiZr. The van der Waals surface area contributed by atoms with Crippen molar-refractivity contribution in [2.24, 2.45) is 5.92 Å². The molecule has 0 amide bonds. The molecule has 3 aromatic rings. The van der Waals surface area contributed by atoms with Crippen LogP contribution in [0.4, 0.5) is 0 Å². The van der Waals surface area contributed by atoms with Crippen LogP contribution in [0.5, 0.6) is 0 Å². The quantitative estimate of drug-likeness (QED) is 0.201. The largest absolute Gasteiger partial charge is 3.00 e. The van der Waals surface area contributed by atoms with Crippen LogP contribution in [-0.2, 0) is 26.2 Å². The summed E-state index contributed by atoms with van der Waals surface area (Å²) in [4.78, 5) is 0. The van der Waals surface area contributed by atoms with Gasteiger partial charge in [0, 0.05) is 10.2 Å². The summed E-state index contributed by atoms with van der Waals surface area (Å²) in [7, 11) is 1.90. The van der Waals surface area contributed by atoms with Gasteiger partial charge in [-0.2, -0.15) is 11.1 Å². The zero-order valence-corrected chi connectivity index (χ0v) is 27.4. The molecule has 3 aromatic carbocycles. The second-order valence-corrected chi connectivity index (χ2v) is 10.2. The predicted molar refractivity (Wildman–Crippen MR) is 164 cm³/mol. The van der Waals surface area contributed by atoms with E-state index in [1.165, 1.54) is 52.3 Å². The molecule has 3 heteroatoms. The molecule has 1 N–H and O–H groups in total. The Kier molecular flexibility index (Phi) is 19.2. The normalized spacial score (nSPS) is 16.2. The molecule has 194 valence electrons. The van der Waals surface area contributed by atoms with E-state index in [9.17, 15) is 0 Å². The summed E-state index contributed by atoms with van der Waals surface area (Å²) in [5.41, 5.74) is 14.1. The van der Waals surface area contributed by atoms with E-state index in [4.69, 9.17) is 5.73 Å². The number of hydrogen-bond donors (Lipinski definition) is 0. The van der Waals surface area contributed by atoms with Crippen molar-refractivity contribution >= 4 is 15.4 Å². The minimum Gasteiger partial charge on any atom is -0.675 e. The Balaban J connectivity index is 0.000000471. The Morgan fingerprint density at radius 2 is 1.11 bits per heavy atom. The number of benzene rings is 3. The van der Waals surface area contributed by atoms with Crippen molar-refractivity contribution in [3.05, 3.63) is 127 Å². The minimum atomic E-state index is 0. The van der Waals surface area contributed by atoms with Gasteiger partial charge in [-0.15, -0.1) is 13.0 Å². The summed E-state index contributed by atoms with van der Waals surface area (Å²) in [6.07, 6.45) is 9.63. The molecule has 37 heavy (non-hydrogen) atoms. The van der Waals surface area contributed by atoms with E-state index in [1.54, 1.807) is 0 Å². The first-order valence-electron chi connectivity index (χ1n) is 12.8. The fraction of sp³-hybridized carbons (Fsp3) is 0.324. The summed E-state index contributed by atoms with van der Waals surface area (Å²) in [6, 6.07) is 31.4. The number of nitrogens with one attached hydrogen (secondary N) is 1. The van der Waals surface area contributed by atoms with Crippen LogP contribution >= 0.6 is 0 Å². The van der Waals surface area contributed by atoms with Crippen LogP contribution < -0.4 is 5.19 Å². The fourth-order valence-electron chi connectivity index (χ4n) is 4.00. The maximum atomic E-state index is 7.27. The first-order chi connectivity index (χ1) is 16.9. The second kappa shape index (κ2) is 20.2. The Bertz CT molecular complexity index is 986. The van der Waals surface area contributed by atoms with Crippen molar-refractivity contribution in [3.63, 3.8) is 0 Å². The average molecular weight is 587 g/mol. The SMILES string of the molecule is CC1=[C-]C(C)C(C)=C1C.[CH3-].[NH-]C1CCCCC1.[SiH2]c1ccccc1.[Zr+3].c1ccc(-c2ccccc2)cc1. The summed E-state index contributed by atoms with van der Waals surface area (Å²) >= 11 is 0. The number of rotatable bonds is 1. The molecule has 0 aromatic heterocycles. The summed E-state index contributed by atoms with van der Waals surface area (Å²) in [6.45, 7) is 8.67. The van der Waals surface area contributed by atoms with Gasteiger partial charge < -0.3 is 13.2 Å². The van der Waals surface area contributed by atoms with Gasteiger partial charge in [0.05, 0.1) is 0 Å². The molecule has 2 radical (unpaired) electrons. The zero-order valence-electron chi connectivity index (χ0n) is 23.6. The summed E-state index contributed by atoms with van der Waals surface area (Å²) in [5.74, 6) is 0.560. The molecule has 2 aliphatic rings. The molecule has 0 heterocycles. The van der Waals surface area contributed by atoms with Crippen LogP contribution in [0.3, 0.4) is 0 Å². The van der Waals surface area contributed by atoms with Crippen molar-refractivity contribution in [1.29, 1.82) is 0 Å². The monoisotopic (exact) mass is 585 g/mol. The van der Waals surface area contributed by atoms with E-state index < -0.39 is 0 Å². The van der Waals surface area contributed by atoms with Crippen LogP contribution in [0.1, 0.15) is 59.8 Å². The fourth-order valence-corrected chi connectivity index (χ4v) is 4.28. The maximum Gasteiger partial charge on any atom is 3.00 e. The van der Waals surface area contributed by atoms with Crippen molar-refractivity contribution in [3.8, 4) is 11.1 Å². The van der Waals surface area contributed by atoms with Crippen molar-refractivity contribution in [2.45, 2.75) is 65.8 Å². The molecule has 2 aliphatic carbocycles. The molecule has 1 nitrogen and oxygen atoms in total. The zero-order chi connectivity index (χ0) is 25.5. The summed E-state index contributed by atoms with van der Waals surface area (Å²) < 4.78 is 0. The third kappa shape index (κ3) is 14.1. The van der Waals surface area contributed by atoms with Gasteiger partial charge in [-0.3, -0.25) is 6.08 Å². The Hall–Kier alpha value is -1.80. The smallest absolute Gasteiger partial charge is 0.675 e. The van der Waals surface area contributed by atoms with Gasteiger partial charge in [0.25, 0.3) is 0 Å². The molecule has 1 saturated carbocycles. The van der Waals surface area contributed by atoms with Gasteiger partial charge in [0.1, 0.15) is 0 Å². The topological polar surface area (TPSA) is 23.8 Å². The Labute approximate surface area is 250 Å². The molecule has 0 aliphatic heterocycles. The first-order valence-corrected chi connectivity index (χ1v) is 13.6. The standard InChI is InChI=1S/C12H10.C9H13.C6H12N.C6H7Si.CH3.Zr/c1-3-7-11(8-4-1)12-9-5-2-6-10-12;1-6-5-7(2)9(4)8(6)3;2*7-6-4-2-1-3-5-6;;/h1-10H;6H,1-4H3;6-7H,1-5H2;1-5H,7H2;1H3;/q;2*-1;;-1;+3. The second-order valence-electron chi connectivity index (χ2n) is 9.35. The van der Waals surface area contributed by atoms with E-state index in [-0.39, 0.29) is 39.7 Å². The van der Waals surface area contributed by atoms with E-state index in [1.807, 2.05) is 40.6 Å². The van der Waals surface area contributed by atoms with Crippen LogP contribution in [0.15, 0.2) is 108 Å². The number of allylic oxidation sites excluding steroid dienone is 4. The van der Waals surface area contributed by atoms with Gasteiger partial charge in [-0.25, -0.2) is 5.57 Å². The van der Waals surface area contributed by atoms with Crippen molar-refractivity contribution in [2.75, 3.05) is 0 Å². The molecule has 1 fully saturated rings. The molecule has 5 rings (SSSR count). The average Bonchev–Trinajstić information content (AvgIpc) is 3.12. The van der Waals surface area contributed by atoms with Crippen molar-refractivity contribution < 1.29 is 26.2 Å². The van der Waals surface area contributed by atoms with Gasteiger partial charge in [0.15, 0.2) is 0 Å². The van der Waals surface area contributed by atoms with E-state index in [0.29, 0.717) is 5.92 Å². The first kappa shape index (κ1) is 35.2. The van der Waals surface area contributed by atoms with Crippen LogP contribution in [0.25, 0.3) is 16.9 Å². The van der Waals surface area contributed by atoms with E-state index in [0.717, 1.165) is 12.8 Å². The molecule has 0 bridgehead atoms. The van der Waals surface area contributed by atoms with E-state index in [2.05, 4.69) is 94.4 Å². The Morgan fingerprint density at radius 1 is 0.703 bits per heavy atom. The van der Waals surface area contributed by atoms with Gasteiger partial charge in [-0.05, 0) is 11.1 Å². The number of hydrogen-bond acceptors (Lipinski definition) is 0. The van der Waals surface area contributed by atoms with Gasteiger partial charge in [0.2, 0.25) is 0 Å². The van der Waals surface area contributed by atoms with E-state index >= 15 is 0 Å². The van der Waals surface area contributed by atoms with Crippen LogP contribution in [0, 0.1) is 19.4 Å². The van der Waals surface area contributed by atoms with Crippen LogP contribution in [-0.4, -0.2) is 16.3 Å². The van der Waals surface area contributed by atoms with Crippen LogP contribution in [0.2, 0.25) is 0 Å². The Morgan fingerprint density at radius 3 is 1.32 bits per heavy atom. The third-order valence-electron chi connectivity index (χ3n) is 6.57. The van der Waals surface area contributed by atoms with Crippen molar-refractivity contribution in [1.82, 2.24) is 0 Å². The third-order valence-corrected chi connectivity index (χ3v) is 7.04.